The summed E-state index contributed by atoms with van der Waals surface area (Å²) < 4.78 is 0. The topological polar surface area (TPSA) is 72.2 Å². The van der Waals surface area contributed by atoms with Gasteiger partial charge in [0.25, 0.3) is 5.69 Å². The van der Waals surface area contributed by atoms with Crippen molar-refractivity contribution in [2.45, 2.75) is 13.3 Å². The Labute approximate surface area is 128 Å². The second-order valence-electron chi connectivity index (χ2n) is 4.70. The molecule has 0 aliphatic carbocycles. The number of allylic oxidation sites excluding steroid dienone is 1. The van der Waals surface area contributed by atoms with E-state index in [0.29, 0.717) is 11.3 Å². The molecule has 2 rings (SSSR count). The number of hydrogen-bond acceptors (Lipinski definition) is 4. The average Bonchev–Trinajstić information content (AvgIpc) is 2.55. The maximum absolute atomic E-state index is 12.0. The van der Waals surface area contributed by atoms with Crippen molar-refractivity contribution in [1.82, 2.24) is 0 Å². The second-order valence-corrected chi connectivity index (χ2v) is 4.70. The highest BCUT2D eigenvalue weighted by Gasteiger charge is 2.03. The van der Waals surface area contributed by atoms with E-state index in [1.165, 1.54) is 30.0 Å². The summed E-state index contributed by atoms with van der Waals surface area (Å²) in [6, 6.07) is 13.5. The van der Waals surface area contributed by atoms with Gasteiger partial charge < -0.3 is 5.32 Å². The van der Waals surface area contributed by atoms with Gasteiger partial charge in [0.2, 0.25) is 0 Å². The molecule has 0 bridgehead atoms. The van der Waals surface area contributed by atoms with Gasteiger partial charge in [0.15, 0.2) is 5.78 Å². The van der Waals surface area contributed by atoms with Crippen LogP contribution in [0.1, 0.15) is 22.8 Å². The number of carbonyl (C=O) groups is 1. The molecule has 0 unspecified atom stereocenters. The van der Waals surface area contributed by atoms with E-state index in [4.69, 9.17) is 0 Å². The van der Waals surface area contributed by atoms with Crippen LogP contribution in [0, 0.1) is 10.1 Å². The van der Waals surface area contributed by atoms with Crippen LogP contribution in [-0.2, 0) is 6.42 Å². The zero-order valence-corrected chi connectivity index (χ0v) is 12.2. The number of nitro benzene ring substituents is 1. The molecular weight excluding hydrogens is 280 g/mol. The molecule has 0 radical (unpaired) electrons. The molecule has 112 valence electrons. The highest BCUT2D eigenvalue weighted by atomic mass is 16.6. The van der Waals surface area contributed by atoms with E-state index in [-0.39, 0.29) is 11.5 Å². The Bertz CT molecular complexity index is 689. The van der Waals surface area contributed by atoms with Crippen LogP contribution in [0.5, 0.6) is 0 Å². The Morgan fingerprint density at radius 1 is 1.14 bits per heavy atom. The normalized spacial score (nSPS) is 10.6. The Balaban J connectivity index is 1.96. The Hall–Kier alpha value is -2.95. The molecule has 0 saturated carbocycles. The lowest BCUT2D eigenvalue weighted by molar-refractivity contribution is -0.384. The largest absolute Gasteiger partial charge is 0.362 e. The third-order valence-corrected chi connectivity index (χ3v) is 3.21. The van der Waals surface area contributed by atoms with Crippen LogP contribution in [0.4, 0.5) is 11.4 Å². The number of anilines is 1. The molecule has 2 aromatic carbocycles. The first kappa shape index (κ1) is 15.4. The molecule has 0 aliphatic heterocycles. The van der Waals surface area contributed by atoms with E-state index >= 15 is 0 Å². The zero-order chi connectivity index (χ0) is 15.9. The molecule has 0 spiro atoms. The van der Waals surface area contributed by atoms with Gasteiger partial charge in [-0.3, -0.25) is 14.9 Å². The highest BCUT2D eigenvalue weighted by Crippen LogP contribution is 2.15. The maximum Gasteiger partial charge on any atom is 0.269 e. The highest BCUT2D eigenvalue weighted by molar-refractivity contribution is 6.04. The van der Waals surface area contributed by atoms with Crippen LogP contribution in [0.3, 0.4) is 0 Å². The number of benzene rings is 2. The minimum absolute atomic E-state index is 0.0293. The molecule has 0 aromatic heterocycles. The second kappa shape index (κ2) is 7.17. The summed E-state index contributed by atoms with van der Waals surface area (Å²) in [6.07, 6.45) is 3.89. The molecule has 2 aromatic rings. The lowest BCUT2D eigenvalue weighted by atomic mass is 10.1. The lowest BCUT2D eigenvalue weighted by Gasteiger charge is -2.01. The van der Waals surface area contributed by atoms with Gasteiger partial charge >= 0.3 is 0 Å². The van der Waals surface area contributed by atoms with E-state index in [1.54, 1.807) is 24.3 Å². The van der Waals surface area contributed by atoms with Gasteiger partial charge in [-0.05, 0) is 24.1 Å². The van der Waals surface area contributed by atoms with Gasteiger partial charge in [0, 0.05) is 35.7 Å². The lowest BCUT2D eigenvalue weighted by Crippen LogP contribution is -1.97. The number of ketones is 1. The van der Waals surface area contributed by atoms with Crippen molar-refractivity contribution in [3.8, 4) is 0 Å². The standard InChI is InChI=1S/C17H16N2O3/c1-2-13-3-5-14(6-4-13)17(20)11-12-18-15-7-9-16(10-8-15)19(21)22/h3-12,18H,2H2,1H3. The zero-order valence-electron chi connectivity index (χ0n) is 12.2. The minimum atomic E-state index is -0.455. The van der Waals surface area contributed by atoms with Crippen molar-refractivity contribution in [1.29, 1.82) is 0 Å². The predicted molar refractivity (Wildman–Crippen MR) is 86.0 cm³/mol. The number of non-ortho nitro benzene ring substituents is 1. The first-order valence-corrected chi connectivity index (χ1v) is 6.91. The average molecular weight is 296 g/mol. The van der Waals surface area contributed by atoms with Crippen molar-refractivity contribution in [2.75, 3.05) is 5.32 Å². The van der Waals surface area contributed by atoms with Crippen molar-refractivity contribution >= 4 is 17.2 Å². The summed E-state index contributed by atoms with van der Waals surface area (Å²) >= 11 is 0. The van der Waals surface area contributed by atoms with Gasteiger partial charge in [-0.15, -0.1) is 0 Å². The Kier molecular flexibility index (Phi) is 5.03. The molecular formula is C17H16N2O3. The van der Waals surface area contributed by atoms with E-state index in [2.05, 4.69) is 12.2 Å². The molecule has 0 atom stereocenters. The fourth-order valence-electron chi connectivity index (χ4n) is 1.89. The molecule has 0 amide bonds. The molecule has 5 heteroatoms. The van der Waals surface area contributed by atoms with Crippen LogP contribution >= 0.6 is 0 Å². The van der Waals surface area contributed by atoms with Gasteiger partial charge in [-0.2, -0.15) is 0 Å². The number of nitrogens with one attached hydrogen (secondary N) is 1. The van der Waals surface area contributed by atoms with Crippen LogP contribution in [0.2, 0.25) is 0 Å². The summed E-state index contributed by atoms with van der Waals surface area (Å²) in [4.78, 5) is 22.1. The fourth-order valence-corrected chi connectivity index (χ4v) is 1.89. The number of nitrogens with zero attached hydrogens (tertiary/aromatic N) is 1. The van der Waals surface area contributed by atoms with Crippen molar-refractivity contribution in [3.63, 3.8) is 0 Å². The summed E-state index contributed by atoms with van der Waals surface area (Å²) in [5, 5.41) is 13.5. The molecule has 0 heterocycles. The van der Waals surface area contributed by atoms with Gasteiger partial charge in [-0.25, -0.2) is 0 Å². The third kappa shape index (κ3) is 4.02. The summed E-state index contributed by atoms with van der Waals surface area (Å²) in [5.74, 6) is -0.0999. The summed E-state index contributed by atoms with van der Waals surface area (Å²) in [7, 11) is 0. The number of hydrogen-bond donors (Lipinski definition) is 1. The number of nitro groups is 1. The number of rotatable bonds is 6. The van der Waals surface area contributed by atoms with E-state index in [1.807, 2.05) is 12.1 Å². The van der Waals surface area contributed by atoms with Crippen molar-refractivity contribution in [2.24, 2.45) is 0 Å². The fraction of sp³-hybridized carbons (Fsp3) is 0.118. The third-order valence-electron chi connectivity index (χ3n) is 3.21. The number of carbonyl (C=O) groups excluding carboxylic acids is 1. The van der Waals surface area contributed by atoms with E-state index < -0.39 is 4.92 Å². The predicted octanol–water partition coefficient (Wildman–Crippen LogP) is 3.97. The first-order valence-electron chi connectivity index (χ1n) is 6.91. The molecule has 22 heavy (non-hydrogen) atoms. The van der Waals surface area contributed by atoms with Gasteiger partial charge in [0.1, 0.15) is 0 Å². The van der Waals surface area contributed by atoms with Crippen LogP contribution < -0.4 is 5.32 Å². The SMILES string of the molecule is CCc1ccc(C(=O)C=CNc2ccc([N+](=O)[O-])cc2)cc1. The Morgan fingerprint density at radius 2 is 1.77 bits per heavy atom. The monoisotopic (exact) mass is 296 g/mol. The van der Waals surface area contributed by atoms with Gasteiger partial charge in [0.05, 0.1) is 4.92 Å². The maximum atomic E-state index is 12.0. The Morgan fingerprint density at radius 3 is 2.32 bits per heavy atom. The molecule has 0 fully saturated rings. The van der Waals surface area contributed by atoms with Crippen molar-refractivity contribution < 1.29 is 9.72 Å². The molecule has 1 N–H and O–H groups in total. The first-order chi connectivity index (χ1) is 10.6. The minimum Gasteiger partial charge on any atom is -0.362 e. The van der Waals surface area contributed by atoms with E-state index in [0.717, 1.165) is 6.42 Å². The quantitative estimate of drug-likeness (QED) is 0.379. The van der Waals surface area contributed by atoms with E-state index in [9.17, 15) is 14.9 Å². The van der Waals surface area contributed by atoms with Crippen LogP contribution in [0.15, 0.2) is 60.8 Å². The van der Waals surface area contributed by atoms with Gasteiger partial charge in [-0.1, -0.05) is 31.2 Å². The summed E-state index contributed by atoms with van der Waals surface area (Å²) in [6.45, 7) is 2.06. The molecule has 0 saturated heterocycles. The molecule has 0 aliphatic rings. The summed E-state index contributed by atoms with van der Waals surface area (Å²) in [5.41, 5.74) is 2.51. The van der Waals surface area contributed by atoms with Crippen LogP contribution in [-0.4, -0.2) is 10.7 Å². The molecule has 5 nitrogen and oxygen atoms in total. The van der Waals surface area contributed by atoms with Crippen molar-refractivity contribution in [3.05, 3.63) is 82.0 Å². The smallest absolute Gasteiger partial charge is 0.269 e. The number of aryl methyl sites for hydroxylation is 1. The van der Waals surface area contributed by atoms with Crippen LogP contribution in [0.25, 0.3) is 0 Å².